The smallest absolute Gasteiger partial charge is 0.150 e. The number of hydrogen-bond donors (Lipinski definition) is 1. The molecule has 2 fully saturated rings. The zero-order valence-corrected chi connectivity index (χ0v) is 7.76. The third-order valence-corrected chi connectivity index (χ3v) is 5.14. The fourth-order valence-electron chi connectivity index (χ4n) is 2.67. The highest BCUT2D eigenvalue weighted by atomic mass is 32.2. The first-order chi connectivity index (χ1) is 5.62. The van der Waals surface area contributed by atoms with E-state index in [1.54, 1.807) is 0 Å². The molecule has 12 heavy (non-hydrogen) atoms. The quantitative estimate of drug-likeness (QED) is 0.635. The molecule has 0 aromatic heterocycles. The van der Waals surface area contributed by atoms with E-state index in [4.69, 9.17) is 5.11 Å². The second-order valence-corrected chi connectivity index (χ2v) is 6.17. The van der Waals surface area contributed by atoms with E-state index in [0.717, 1.165) is 12.8 Å². The van der Waals surface area contributed by atoms with Gasteiger partial charge in [-0.2, -0.15) is 0 Å². The molecule has 1 aliphatic heterocycles. The lowest BCUT2D eigenvalue weighted by Gasteiger charge is -2.27. The minimum absolute atomic E-state index is 0.171. The van der Waals surface area contributed by atoms with Crippen LogP contribution in [0.3, 0.4) is 0 Å². The molecule has 1 N–H and O–H groups in total. The zero-order valence-electron chi connectivity index (χ0n) is 6.94. The summed E-state index contributed by atoms with van der Waals surface area (Å²) < 4.78 is 22.6. The van der Waals surface area contributed by atoms with E-state index in [9.17, 15) is 8.42 Å². The minimum atomic E-state index is -2.77. The van der Waals surface area contributed by atoms with Crippen molar-refractivity contribution in [2.24, 2.45) is 17.8 Å². The summed E-state index contributed by atoms with van der Waals surface area (Å²) in [6.45, 7) is 0.171. The highest BCUT2D eigenvalue weighted by molar-refractivity contribution is 7.91. The normalized spacial score (nSPS) is 44.6. The molecule has 2 rings (SSSR count). The van der Waals surface area contributed by atoms with Crippen LogP contribution in [0.2, 0.25) is 0 Å². The van der Waals surface area contributed by atoms with Crippen molar-refractivity contribution < 1.29 is 13.5 Å². The molecule has 70 valence electrons. The highest BCUT2D eigenvalue weighted by Gasteiger charge is 2.44. The summed E-state index contributed by atoms with van der Waals surface area (Å²) >= 11 is 0. The average Bonchev–Trinajstić information content (AvgIpc) is 2.23. The number of aliphatic hydroxyl groups is 1. The Hall–Kier alpha value is -0.0900. The molecule has 0 aromatic carbocycles. The summed E-state index contributed by atoms with van der Waals surface area (Å²) in [6.07, 6.45) is 1.99. The van der Waals surface area contributed by atoms with Gasteiger partial charge in [0.2, 0.25) is 0 Å². The van der Waals surface area contributed by atoms with Crippen LogP contribution >= 0.6 is 0 Å². The van der Waals surface area contributed by atoms with Gasteiger partial charge in [-0.05, 0) is 30.6 Å². The second-order valence-electron chi connectivity index (χ2n) is 4.02. The van der Waals surface area contributed by atoms with Crippen molar-refractivity contribution in [2.75, 3.05) is 18.1 Å². The van der Waals surface area contributed by atoms with Gasteiger partial charge in [0, 0.05) is 6.61 Å². The van der Waals surface area contributed by atoms with Crippen molar-refractivity contribution >= 4 is 9.84 Å². The zero-order chi connectivity index (χ0) is 8.77. The van der Waals surface area contributed by atoms with Crippen LogP contribution in [-0.4, -0.2) is 31.6 Å². The predicted molar refractivity (Wildman–Crippen MR) is 45.4 cm³/mol. The van der Waals surface area contributed by atoms with Crippen molar-refractivity contribution in [3.63, 3.8) is 0 Å². The highest BCUT2D eigenvalue weighted by Crippen LogP contribution is 2.42. The summed E-state index contributed by atoms with van der Waals surface area (Å²) in [5.41, 5.74) is 0. The van der Waals surface area contributed by atoms with Crippen molar-refractivity contribution in [3.05, 3.63) is 0 Å². The van der Waals surface area contributed by atoms with Crippen molar-refractivity contribution in [2.45, 2.75) is 12.8 Å². The first-order valence-corrected chi connectivity index (χ1v) is 6.26. The largest absolute Gasteiger partial charge is 0.396 e. The van der Waals surface area contributed by atoms with Gasteiger partial charge in [0.25, 0.3) is 0 Å². The van der Waals surface area contributed by atoms with Gasteiger partial charge in [0.15, 0.2) is 9.84 Å². The van der Waals surface area contributed by atoms with Crippen LogP contribution in [0, 0.1) is 17.8 Å². The predicted octanol–water partition coefficient (Wildman–Crippen LogP) is 0.0495. The molecule has 1 saturated heterocycles. The topological polar surface area (TPSA) is 54.4 Å². The van der Waals surface area contributed by atoms with E-state index in [0.29, 0.717) is 11.5 Å². The molecule has 0 radical (unpaired) electrons. The lowest BCUT2D eigenvalue weighted by Crippen LogP contribution is -2.35. The van der Waals surface area contributed by atoms with Gasteiger partial charge in [-0.1, -0.05) is 0 Å². The molecule has 0 amide bonds. The monoisotopic (exact) mass is 190 g/mol. The van der Waals surface area contributed by atoms with E-state index in [1.807, 2.05) is 0 Å². The number of rotatable bonds is 1. The molecule has 1 saturated carbocycles. The average molecular weight is 190 g/mol. The molecule has 2 unspecified atom stereocenters. The third-order valence-electron chi connectivity index (χ3n) is 3.27. The van der Waals surface area contributed by atoms with Gasteiger partial charge in [0.05, 0.1) is 11.5 Å². The summed E-state index contributed by atoms with van der Waals surface area (Å²) in [6, 6.07) is 0. The van der Waals surface area contributed by atoms with E-state index in [2.05, 4.69) is 0 Å². The van der Waals surface area contributed by atoms with Crippen molar-refractivity contribution in [3.8, 4) is 0 Å². The van der Waals surface area contributed by atoms with Crippen molar-refractivity contribution in [1.29, 1.82) is 0 Å². The van der Waals surface area contributed by atoms with Gasteiger partial charge in [-0.3, -0.25) is 0 Å². The molecule has 4 heteroatoms. The van der Waals surface area contributed by atoms with Crippen LogP contribution in [0.5, 0.6) is 0 Å². The van der Waals surface area contributed by atoms with Gasteiger partial charge >= 0.3 is 0 Å². The summed E-state index contributed by atoms with van der Waals surface area (Å²) in [5.74, 6) is 1.40. The molecular formula is C8H14O3S. The standard InChI is InChI=1S/C8H14O3S/c9-3-8-6-1-2-7(8)5-12(10,11)4-6/h6-9H,1-5H2. The van der Waals surface area contributed by atoms with Gasteiger partial charge in [0.1, 0.15) is 0 Å². The molecule has 1 aliphatic carbocycles. The van der Waals surface area contributed by atoms with Crippen LogP contribution in [0.25, 0.3) is 0 Å². The maximum atomic E-state index is 11.3. The molecular weight excluding hydrogens is 176 g/mol. The van der Waals surface area contributed by atoms with E-state index in [-0.39, 0.29) is 24.4 Å². The number of aliphatic hydroxyl groups excluding tert-OH is 1. The van der Waals surface area contributed by atoms with Crippen molar-refractivity contribution in [1.82, 2.24) is 0 Å². The molecule has 1 heterocycles. The number of sulfone groups is 1. The molecule has 2 atom stereocenters. The van der Waals surface area contributed by atoms with Gasteiger partial charge in [-0.25, -0.2) is 8.42 Å². The first-order valence-electron chi connectivity index (χ1n) is 4.43. The fraction of sp³-hybridized carbons (Fsp3) is 1.00. The summed E-state index contributed by atoms with van der Waals surface area (Å²) in [5, 5.41) is 9.05. The Morgan fingerprint density at radius 1 is 1.17 bits per heavy atom. The Morgan fingerprint density at radius 2 is 1.67 bits per heavy atom. The maximum Gasteiger partial charge on any atom is 0.150 e. The Labute approximate surface area is 72.7 Å². The Kier molecular flexibility index (Phi) is 1.92. The number of fused-ring (bicyclic) bond motifs is 2. The molecule has 3 nitrogen and oxygen atoms in total. The Bertz CT molecular complexity index is 250. The van der Waals surface area contributed by atoms with Gasteiger partial charge in [-0.15, -0.1) is 0 Å². The van der Waals surface area contributed by atoms with Crippen LogP contribution in [-0.2, 0) is 9.84 Å². The maximum absolute atomic E-state index is 11.3. The summed E-state index contributed by atoms with van der Waals surface area (Å²) in [7, 11) is -2.77. The lowest BCUT2D eigenvalue weighted by molar-refractivity contribution is 0.169. The molecule has 0 aromatic rings. The van der Waals surface area contributed by atoms with Gasteiger partial charge < -0.3 is 5.11 Å². The van der Waals surface area contributed by atoms with E-state index < -0.39 is 9.84 Å². The van der Waals surface area contributed by atoms with E-state index in [1.165, 1.54) is 0 Å². The van der Waals surface area contributed by atoms with Crippen LogP contribution < -0.4 is 0 Å². The van der Waals surface area contributed by atoms with E-state index >= 15 is 0 Å². The number of hydrogen-bond acceptors (Lipinski definition) is 3. The molecule has 0 spiro atoms. The summed E-state index contributed by atoms with van der Waals surface area (Å²) in [4.78, 5) is 0. The first kappa shape index (κ1) is 8.51. The van der Waals surface area contributed by atoms with Crippen LogP contribution in [0.1, 0.15) is 12.8 Å². The third kappa shape index (κ3) is 1.27. The Balaban J connectivity index is 2.22. The molecule has 2 aliphatic rings. The second kappa shape index (κ2) is 2.70. The Morgan fingerprint density at radius 3 is 2.08 bits per heavy atom. The minimum Gasteiger partial charge on any atom is -0.396 e. The SMILES string of the molecule is O=S1(=O)CC2CCC(C1)C2CO. The van der Waals surface area contributed by atoms with Crippen LogP contribution in [0.15, 0.2) is 0 Å². The lowest BCUT2D eigenvalue weighted by atomic mass is 9.92. The van der Waals surface area contributed by atoms with Crippen LogP contribution in [0.4, 0.5) is 0 Å². The fourth-order valence-corrected chi connectivity index (χ4v) is 4.94. The molecule has 2 bridgehead atoms.